The van der Waals surface area contributed by atoms with E-state index < -0.39 is 17.9 Å². The molecule has 1 N–H and O–H groups in total. The van der Waals surface area contributed by atoms with Crippen LogP contribution in [0.2, 0.25) is 0 Å². The minimum atomic E-state index is -1.09. The highest BCUT2D eigenvalue weighted by atomic mass is 16.5. The SMILES string of the molecule is CCCCN1C(=O)[C@@H](C(=O)OCC)[C@@H](c2ccc(O)c(OCC)c2)n2c1nc1ccccc12. The smallest absolute Gasteiger partial charge is 0.321 e. The van der Waals surface area contributed by atoms with Crippen LogP contribution in [0.1, 0.15) is 45.2 Å². The van der Waals surface area contributed by atoms with Crippen molar-refractivity contribution in [2.45, 2.75) is 39.7 Å². The van der Waals surface area contributed by atoms with E-state index in [-0.39, 0.29) is 18.3 Å². The number of rotatable bonds is 8. The van der Waals surface area contributed by atoms with Crippen molar-refractivity contribution in [3.63, 3.8) is 0 Å². The van der Waals surface area contributed by atoms with E-state index in [4.69, 9.17) is 14.5 Å². The fraction of sp³-hybridized carbons (Fsp3) is 0.400. The average Bonchev–Trinajstić information content (AvgIpc) is 3.19. The highest BCUT2D eigenvalue weighted by Crippen LogP contribution is 2.43. The van der Waals surface area contributed by atoms with Gasteiger partial charge in [-0.2, -0.15) is 0 Å². The van der Waals surface area contributed by atoms with E-state index in [0.29, 0.717) is 30.4 Å². The Balaban J connectivity index is 1.98. The lowest BCUT2D eigenvalue weighted by Gasteiger charge is -2.38. The Labute approximate surface area is 192 Å². The van der Waals surface area contributed by atoms with Crippen LogP contribution in [0.5, 0.6) is 11.5 Å². The fourth-order valence-corrected chi connectivity index (χ4v) is 4.36. The molecule has 8 nitrogen and oxygen atoms in total. The number of anilines is 1. The summed E-state index contributed by atoms with van der Waals surface area (Å²) in [7, 11) is 0. The maximum Gasteiger partial charge on any atom is 0.321 e. The van der Waals surface area contributed by atoms with Crippen molar-refractivity contribution < 1.29 is 24.2 Å². The Hall–Kier alpha value is -3.55. The number of hydrogen-bond donors (Lipinski definition) is 1. The summed E-state index contributed by atoms with van der Waals surface area (Å²) in [5, 5.41) is 10.2. The zero-order valence-electron chi connectivity index (χ0n) is 19.2. The summed E-state index contributed by atoms with van der Waals surface area (Å²) in [6.07, 6.45) is 1.68. The molecule has 0 aliphatic carbocycles. The first kappa shape index (κ1) is 22.6. The van der Waals surface area contributed by atoms with Gasteiger partial charge in [-0.05, 0) is 50.1 Å². The molecule has 174 valence electrons. The molecular weight excluding hydrogens is 422 g/mol. The van der Waals surface area contributed by atoms with Crippen molar-refractivity contribution in [2.75, 3.05) is 24.7 Å². The molecule has 0 fully saturated rings. The predicted octanol–water partition coefficient (Wildman–Crippen LogP) is 4.06. The van der Waals surface area contributed by atoms with Gasteiger partial charge in [0.2, 0.25) is 11.9 Å². The number of unbranched alkanes of at least 4 members (excludes halogenated alkanes) is 1. The first-order chi connectivity index (χ1) is 16.0. The molecule has 2 aromatic carbocycles. The Morgan fingerprint density at radius 2 is 1.91 bits per heavy atom. The molecule has 2 heterocycles. The Kier molecular flexibility index (Phi) is 6.53. The molecule has 0 saturated heterocycles. The standard InChI is InChI=1S/C25H29N3O5/c1-4-7-14-27-23(30)21(24(31)33-6-3)22(16-12-13-19(29)20(15-16)32-5-2)28-18-11-9-8-10-17(18)26-25(27)28/h8-13,15,21-22,29H,4-7,14H2,1-3H3/t21-,22+/m0/s1. The molecule has 33 heavy (non-hydrogen) atoms. The molecule has 0 bridgehead atoms. The molecule has 1 aliphatic heterocycles. The van der Waals surface area contributed by atoms with Crippen LogP contribution in [0.4, 0.5) is 5.95 Å². The van der Waals surface area contributed by atoms with Crippen molar-refractivity contribution in [3.8, 4) is 11.5 Å². The van der Waals surface area contributed by atoms with E-state index in [2.05, 4.69) is 6.92 Å². The number of carbonyl (C=O) groups is 2. The average molecular weight is 452 g/mol. The molecule has 0 spiro atoms. The van der Waals surface area contributed by atoms with Crippen LogP contribution in [-0.2, 0) is 14.3 Å². The van der Waals surface area contributed by atoms with Crippen LogP contribution in [0.3, 0.4) is 0 Å². The number of amides is 1. The fourth-order valence-electron chi connectivity index (χ4n) is 4.36. The summed E-state index contributed by atoms with van der Waals surface area (Å²) in [5.74, 6) is -1.21. The van der Waals surface area contributed by atoms with Gasteiger partial charge < -0.3 is 19.1 Å². The maximum atomic E-state index is 13.7. The van der Waals surface area contributed by atoms with Gasteiger partial charge >= 0.3 is 5.97 Å². The van der Waals surface area contributed by atoms with Gasteiger partial charge in [-0.1, -0.05) is 31.5 Å². The number of phenols is 1. The first-order valence-electron chi connectivity index (χ1n) is 11.4. The number of benzene rings is 2. The predicted molar refractivity (Wildman–Crippen MR) is 125 cm³/mol. The Morgan fingerprint density at radius 1 is 1.12 bits per heavy atom. The monoisotopic (exact) mass is 451 g/mol. The number of ether oxygens (including phenoxy) is 2. The second-order valence-corrected chi connectivity index (χ2v) is 7.95. The number of phenolic OH excluding ortho intramolecular Hbond substituents is 1. The molecule has 0 unspecified atom stereocenters. The van der Waals surface area contributed by atoms with Crippen LogP contribution < -0.4 is 9.64 Å². The highest BCUT2D eigenvalue weighted by Gasteiger charge is 2.47. The largest absolute Gasteiger partial charge is 0.504 e. The lowest BCUT2D eigenvalue weighted by Crippen LogP contribution is -2.50. The number of aromatic nitrogens is 2. The number of carbonyl (C=O) groups excluding carboxylic acids is 2. The molecule has 0 saturated carbocycles. The van der Waals surface area contributed by atoms with E-state index in [9.17, 15) is 14.7 Å². The Morgan fingerprint density at radius 3 is 2.64 bits per heavy atom. The molecule has 1 aliphatic rings. The number of hydrogen-bond acceptors (Lipinski definition) is 6. The lowest BCUT2D eigenvalue weighted by molar-refractivity contribution is -0.153. The second-order valence-electron chi connectivity index (χ2n) is 7.95. The van der Waals surface area contributed by atoms with Crippen LogP contribution >= 0.6 is 0 Å². The summed E-state index contributed by atoms with van der Waals surface area (Å²) in [5.41, 5.74) is 2.20. The zero-order chi connectivity index (χ0) is 23.5. The van der Waals surface area contributed by atoms with Crippen LogP contribution in [-0.4, -0.2) is 46.3 Å². The number of imidazole rings is 1. The molecule has 0 radical (unpaired) electrons. The third-order valence-electron chi connectivity index (χ3n) is 5.85. The van der Waals surface area contributed by atoms with E-state index in [1.807, 2.05) is 35.8 Å². The topological polar surface area (TPSA) is 93.9 Å². The van der Waals surface area contributed by atoms with Gasteiger partial charge in [0.25, 0.3) is 0 Å². The van der Waals surface area contributed by atoms with E-state index >= 15 is 0 Å². The van der Waals surface area contributed by atoms with Gasteiger partial charge in [0.15, 0.2) is 17.4 Å². The van der Waals surface area contributed by atoms with Crippen molar-refractivity contribution in [3.05, 3.63) is 48.0 Å². The van der Waals surface area contributed by atoms with Crippen molar-refractivity contribution in [2.24, 2.45) is 5.92 Å². The second kappa shape index (κ2) is 9.52. The zero-order valence-corrected chi connectivity index (χ0v) is 19.2. The number of nitrogens with zero attached hydrogens (tertiary/aromatic N) is 3. The minimum Gasteiger partial charge on any atom is -0.504 e. The molecule has 2 atom stereocenters. The van der Waals surface area contributed by atoms with E-state index in [0.717, 1.165) is 23.9 Å². The Bertz CT molecular complexity index is 1170. The third kappa shape index (κ3) is 4.01. The molecule has 1 amide bonds. The van der Waals surface area contributed by atoms with Gasteiger partial charge in [0, 0.05) is 6.54 Å². The van der Waals surface area contributed by atoms with Crippen molar-refractivity contribution in [1.82, 2.24) is 9.55 Å². The highest BCUT2D eigenvalue weighted by molar-refractivity contribution is 6.08. The van der Waals surface area contributed by atoms with E-state index in [1.165, 1.54) is 6.07 Å². The van der Waals surface area contributed by atoms with Crippen LogP contribution in [0.15, 0.2) is 42.5 Å². The van der Waals surface area contributed by atoms with Gasteiger partial charge in [-0.3, -0.25) is 14.5 Å². The van der Waals surface area contributed by atoms with Gasteiger partial charge in [-0.15, -0.1) is 0 Å². The van der Waals surface area contributed by atoms with Crippen LogP contribution in [0.25, 0.3) is 11.0 Å². The van der Waals surface area contributed by atoms with Crippen molar-refractivity contribution in [1.29, 1.82) is 0 Å². The molecule has 3 aromatic rings. The maximum absolute atomic E-state index is 13.7. The summed E-state index contributed by atoms with van der Waals surface area (Å²) >= 11 is 0. The molecular formula is C25H29N3O5. The molecule has 8 heteroatoms. The lowest BCUT2D eigenvalue weighted by atomic mass is 9.89. The normalized spacial score (nSPS) is 17.8. The summed E-state index contributed by atoms with van der Waals surface area (Å²) in [6.45, 7) is 6.59. The van der Waals surface area contributed by atoms with Gasteiger partial charge in [0.05, 0.1) is 30.3 Å². The van der Waals surface area contributed by atoms with Gasteiger partial charge in [0.1, 0.15) is 0 Å². The summed E-state index contributed by atoms with van der Waals surface area (Å²) in [4.78, 5) is 33.3. The molecule has 4 rings (SSSR count). The van der Waals surface area contributed by atoms with Crippen molar-refractivity contribution >= 4 is 28.9 Å². The van der Waals surface area contributed by atoms with Gasteiger partial charge in [-0.25, -0.2) is 4.98 Å². The summed E-state index contributed by atoms with van der Waals surface area (Å²) < 4.78 is 12.9. The molecule has 1 aromatic heterocycles. The number of para-hydroxylation sites is 2. The number of aromatic hydroxyl groups is 1. The first-order valence-corrected chi connectivity index (χ1v) is 11.4. The summed E-state index contributed by atoms with van der Waals surface area (Å²) in [6, 6.07) is 11.8. The van der Waals surface area contributed by atoms with Crippen LogP contribution in [0, 0.1) is 5.92 Å². The third-order valence-corrected chi connectivity index (χ3v) is 5.85. The number of esters is 1. The minimum absolute atomic E-state index is 0.00398. The number of fused-ring (bicyclic) bond motifs is 3. The van der Waals surface area contributed by atoms with E-state index in [1.54, 1.807) is 24.0 Å². The quantitative estimate of drug-likeness (QED) is 0.410.